The molecule has 0 spiro atoms. The van der Waals surface area contributed by atoms with Crippen molar-refractivity contribution in [2.75, 3.05) is 5.32 Å². The molecule has 4 nitrogen and oxygen atoms in total. The van der Waals surface area contributed by atoms with Gasteiger partial charge in [-0.1, -0.05) is 43.0 Å². The molecule has 0 saturated carbocycles. The summed E-state index contributed by atoms with van der Waals surface area (Å²) in [5.41, 5.74) is 6.77. The molecule has 0 radical (unpaired) electrons. The first-order valence-electron chi connectivity index (χ1n) is 10.6. The van der Waals surface area contributed by atoms with Crippen LogP contribution in [-0.2, 0) is 17.4 Å². The number of nitrogens with one attached hydrogen (secondary N) is 1. The van der Waals surface area contributed by atoms with E-state index in [0.717, 1.165) is 6.07 Å². The standard InChI is InChI=1S/C27H23F4N3O/c1-3-5-20(12-17(2)32)23-10-8-18(13-24(23)27(29,30)31)14-26(35)34-25-11-9-21(16-33-25)19-6-4-7-22(28)15-19/h3-13,15-16H,1,14,32H2,2H3,(H,33,34,35)/b17-12-,20-5+. The van der Waals surface area contributed by atoms with Gasteiger partial charge in [0.2, 0.25) is 5.91 Å². The smallest absolute Gasteiger partial charge is 0.402 e. The second-order valence-corrected chi connectivity index (χ2v) is 7.79. The largest absolute Gasteiger partial charge is 0.417 e. The maximum absolute atomic E-state index is 13.8. The van der Waals surface area contributed by atoms with Crippen LogP contribution in [0.25, 0.3) is 16.7 Å². The average Bonchev–Trinajstić information content (AvgIpc) is 2.78. The summed E-state index contributed by atoms with van der Waals surface area (Å²) in [6, 6.07) is 12.9. The molecule has 8 heteroatoms. The minimum atomic E-state index is -4.65. The van der Waals surface area contributed by atoms with Crippen LogP contribution in [-0.4, -0.2) is 10.9 Å². The maximum atomic E-state index is 13.8. The van der Waals surface area contributed by atoms with Crippen molar-refractivity contribution in [2.45, 2.75) is 19.5 Å². The summed E-state index contributed by atoms with van der Waals surface area (Å²) in [4.78, 5) is 16.6. The first-order valence-corrected chi connectivity index (χ1v) is 10.6. The number of carbonyl (C=O) groups excluding carboxylic acids is 1. The van der Waals surface area contributed by atoms with Crippen molar-refractivity contribution in [2.24, 2.45) is 5.73 Å². The molecule has 0 atom stereocenters. The third-order valence-electron chi connectivity index (χ3n) is 4.93. The van der Waals surface area contributed by atoms with Gasteiger partial charge in [-0.25, -0.2) is 9.37 Å². The van der Waals surface area contributed by atoms with Gasteiger partial charge in [0.25, 0.3) is 0 Å². The highest BCUT2D eigenvalue weighted by molar-refractivity contribution is 5.91. The summed E-state index contributed by atoms with van der Waals surface area (Å²) in [6.07, 6.45) is 0.782. The Kier molecular flexibility index (Phi) is 7.86. The van der Waals surface area contributed by atoms with E-state index in [-0.39, 0.29) is 34.8 Å². The van der Waals surface area contributed by atoms with E-state index < -0.39 is 17.6 Å². The van der Waals surface area contributed by atoms with Gasteiger partial charge in [0, 0.05) is 17.5 Å². The van der Waals surface area contributed by atoms with Gasteiger partial charge in [0.1, 0.15) is 11.6 Å². The second kappa shape index (κ2) is 10.8. The number of carbonyl (C=O) groups is 1. The van der Waals surface area contributed by atoms with Gasteiger partial charge in [0.15, 0.2) is 0 Å². The molecular formula is C27H23F4N3O. The van der Waals surface area contributed by atoms with Gasteiger partial charge in [0.05, 0.1) is 12.0 Å². The quantitative estimate of drug-likeness (QED) is 0.298. The van der Waals surface area contributed by atoms with Crippen LogP contribution in [0, 0.1) is 5.82 Å². The summed E-state index contributed by atoms with van der Waals surface area (Å²) < 4.78 is 54.9. The van der Waals surface area contributed by atoms with Gasteiger partial charge in [-0.15, -0.1) is 0 Å². The molecule has 0 aliphatic carbocycles. The molecule has 2 aromatic carbocycles. The van der Waals surface area contributed by atoms with Crippen molar-refractivity contribution in [3.8, 4) is 11.1 Å². The molecule has 1 amide bonds. The van der Waals surface area contributed by atoms with Crippen LogP contribution in [0.4, 0.5) is 23.4 Å². The molecule has 35 heavy (non-hydrogen) atoms. The number of pyridine rings is 1. The Morgan fingerprint density at radius 3 is 2.49 bits per heavy atom. The lowest BCUT2D eigenvalue weighted by Gasteiger charge is -2.16. The molecular weight excluding hydrogens is 458 g/mol. The number of benzene rings is 2. The van der Waals surface area contributed by atoms with Crippen LogP contribution in [0.5, 0.6) is 0 Å². The Balaban J connectivity index is 1.79. The van der Waals surface area contributed by atoms with Crippen LogP contribution < -0.4 is 11.1 Å². The number of amides is 1. The number of hydrogen-bond donors (Lipinski definition) is 2. The van der Waals surface area contributed by atoms with E-state index in [2.05, 4.69) is 16.9 Å². The van der Waals surface area contributed by atoms with E-state index in [4.69, 9.17) is 5.73 Å². The fourth-order valence-corrected chi connectivity index (χ4v) is 3.45. The van der Waals surface area contributed by atoms with Gasteiger partial charge < -0.3 is 11.1 Å². The Hall–Kier alpha value is -4.20. The number of nitrogens with two attached hydrogens (primary N) is 1. The number of aromatic nitrogens is 1. The third-order valence-corrected chi connectivity index (χ3v) is 4.93. The zero-order valence-electron chi connectivity index (χ0n) is 18.9. The van der Waals surface area contributed by atoms with E-state index in [1.165, 1.54) is 54.8 Å². The number of halogens is 4. The summed E-state index contributed by atoms with van der Waals surface area (Å²) in [5.74, 6) is -0.690. The zero-order chi connectivity index (χ0) is 25.6. The lowest BCUT2D eigenvalue weighted by Crippen LogP contribution is -2.16. The molecule has 0 saturated heterocycles. The predicted octanol–water partition coefficient (Wildman–Crippen LogP) is 6.52. The monoisotopic (exact) mass is 481 g/mol. The van der Waals surface area contributed by atoms with Crippen LogP contribution in [0.2, 0.25) is 0 Å². The Labute approximate surface area is 200 Å². The van der Waals surface area contributed by atoms with E-state index in [9.17, 15) is 22.4 Å². The molecule has 0 aliphatic rings. The minimum absolute atomic E-state index is 0.0686. The SMILES string of the molecule is C=C/C=C(\C=C(\C)N)c1ccc(CC(=O)Nc2ccc(-c3cccc(F)c3)cn2)cc1C(F)(F)F. The van der Waals surface area contributed by atoms with Crippen molar-refractivity contribution in [3.05, 3.63) is 114 Å². The minimum Gasteiger partial charge on any atom is -0.402 e. The van der Waals surface area contributed by atoms with Gasteiger partial charge in [-0.05, 0) is 65.6 Å². The molecule has 0 bridgehead atoms. The zero-order valence-corrected chi connectivity index (χ0v) is 18.9. The van der Waals surface area contributed by atoms with E-state index >= 15 is 0 Å². The number of rotatable bonds is 7. The number of hydrogen-bond acceptors (Lipinski definition) is 3. The van der Waals surface area contributed by atoms with Crippen molar-refractivity contribution >= 4 is 17.3 Å². The number of alkyl halides is 3. The molecule has 0 unspecified atom stereocenters. The van der Waals surface area contributed by atoms with Crippen molar-refractivity contribution < 1.29 is 22.4 Å². The summed E-state index contributed by atoms with van der Waals surface area (Å²) in [5, 5.41) is 2.57. The fourth-order valence-electron chi connectivity index (χ4n) is 3.45. The highest BCUT2D eigenvalue weighted by Crippen LogP contribution is 2.36. The first kappa shape index (κ1) is 25.4. The molecule has 3 aromatic rings. The summed E-state index contributed by atoms with van der Waals surface area (Å²) in [6.45, 7) is 5.12. The topological polar surface area (TPSA) is 68.0 Å². The Morgan fingerprint density at radius 2 is 1.89 bits per heavy atom. The number of anilines is 1. The van der Waals surface area contributed by atoms with Crippen LogP contribution in [0.3, 0.4) is 0 Å². The maximum Gasteiger partial charge on any atom is 0.417 e. The number of nitrogens with zero attached hydrogens (tertiary/aromatic N) is 1. The van der Waals surface area contributed by atoms with Gasteiger partial charge in [-0.3, -0.25) is 4.79 Å². The first-order chi connectivity index (χ1) is 16.6. The van der Waals surface area contributed by atoms with Crippen LogP contribution in [0.1, 0.15) is 23.6 Å². The molecule has 0 fully saturated rings. The van der Waals surface area contributed by atoms with Gasteiger partial charge >= 0.3 is 6.18 Å². The van der Waals surface area contributed by atoms with Gasteiger partial charge in [-0.2, -0.15) is 13.2 Å². The molecule has 3 rings (SSSR count). The average molecular weight is 481 g/mol. The second-order valence-electron chi connectivity index (χ2n) is 7.79. The Bertz CT molecular complexity index is 1290. The van der Waals surface area contributed by atoms with Crippen molar-refractivity contribution in [3.63, 3.8) is 0 Å². The molecule has 1 heterocycles. The van der Waals surface area contributed by atoms with Crippen molar-refractivity contribution in [1.29, 1.82) is 0 Å². The highest BCUT2D eigenvalue weighted by atomic mass is 19.4. The lowest BCUT2D eigenvalue weighted by molar-refractivity contribution is -0.137. The third kappa shape index (κ3) is 6.89. The Morgan fingerprint density at radius 1 is 1.11 bits per heavy atom. The van der Waals surface area contributed by atoms with E-state index in [1.807, 2.05) is 0 Å². The highest BCUT2D eigenvalue weighted by Gasteiger charge is 2.34. The van der Waals surface area contributed by atoms with E-state index in [0.29, 0.717) is 16.8 Å². The van der Waals surface area contributed by atoms with E-state index in [1.54, 1.807) is 25.1 Å². The molecule has 0 aliphatic heterocycles. The van der Waals surface area contributed by atoms with Crippen molar-refractivity contribution in [1.82, 2.24) is 4.98 Å². The summed E-state index contributed by atoms with van der Waals surface area (Å²) >= 11 is 0. The molecule has 180 valence electrons. The fraction of sp³-hybridized carbons (Fsp3) is 0.111. The normalized spacial score (nSPS) is 12.4. The summed E-state index contributed by atoms with van der Waals surface area (Å²) in [7, 11) is 0. The van der Waals surface area contributed by atoms with Crippen LogP contribution >= 0.6 is 0 Å². The number of allylic oxidation sites excluding steroid dienone is 5. The molecule has 1 aromatic heterocycles. The molecule has 3 N–H and O–H groups in total. The lowest BCUT2D eigenvalue weighted by atomic mass is 9.95. The predicted molar refractivity (Wildman–Crippen MR) is 130 cm³/mol. The van der Waals surface area contributed by atoms with Crippen LogP contribution in [0.15, 0.2) is 91.3 Å².